The van der Waals surface area contributed by atoms with Crippen LogP contribution in [0.2, 0.25) is 5.02 Å². The molecule has 0 spiro atoms. The predicted molar refractivity (Wildman–Crippen MR) is 90.9 cm³/mol. The summed E-state index contributed by atoms with van der Waals surface area (Å²) in [5.41, 5.74) is 1.01. The highest BCUT2D eigenvalue weighted by molar-refractivity contribution is 7.89. The van der Waals surface area contributed by atoms with Gasteiger partial charge in [-0.1, -0.05) is 17.7 Å². The number of benzene rings is 1. The van der Waals surface area contributed by atoms with Crippen LogP contribution < -0.4 is 0 Å². The molecular weight excluding hydrogens is 350 g/mol. The third-order valence-electron chi connectivity index (χ3n) is 4.15. The smallest absolute Gasteiger partial charge is 0.267 e. The number of hydrogen-bond acceptors (Lipinski definition) is 4. The molecule has 0 bridgehead atoms. The fraction of sp³-hybridized carbons (Fsp3) is 0.375. The minimum atomic E-state index is -3.63. The average Bonchev–Trinajstić information content (AvgIpc) is 3.15. The van der Waals surface area contributed by atoms with E-state index in [-0.39, 0.29) is 4.90 Å². The van der Waals surface area contributed by atoms with E-state index in [0.29, 0.717) is 35.1 Å². The van der Waals surface area contributed by atoms with Gasteiger partial charge in [-0.05, 0) is 44.9 Å². The van der Waals surface area contributed by atoms with Gasteiger partial charge in [0.05, 0.1) is 11.4 Å². The maximum Gasteiger partial charge on any atom is 0.278 e. The van der Waals surface area contributed by atoms with E-state index in [2.05, 4.69) is 5.10 Å². The number of carbonyl (C=O) groups excluding carboxylic acids is 1. The van der Waals surface area contributed by atoms with Gasteiger partial charge in [-0.25, -0.2) is 8.42 Å². The lowest BCUT2D eigenvalue weighted by Gasteiger charge is -2.15. The number of aromatic nitrogens is 2. The SMILES string of the molecule is Cc1nn(C(=O)c2cccc(Cl)c2)c(C)c1S(=O)(=O)N1CCCC1. The Kier molecular flexibility index (Phi) is 4.50. The summed E-state index contributed by atoms with van der Waals surface area (Å²) in [4.78, 5) is 12.8. The first-order chi connectivity index (χ1) is 11.3. The molecule has 128 valence electrons. The van der Waals surface area contributed by atoms with Crippen molar-refractivity contribution in [2.45, 2.75) is 31.6 Å². The van der Waals surface area contributed by atoms with Crippen LogP contribution in [0, 0.1) is 13.8 Å². The molecule has 6 nitrogen and oxygen atoms in total. The number of sulfonamides is 1. The molecule has 0 saturated carbocycles. The zero-order chi connectivity index (χ0) is 17.5. The predicted octanol–water partition coefficient (Wildman–Crippen LogP) is 2.63. The van der Waals surface area contributed by atoms with Gasteiger partial charge in [0.25, 0.3) is 5.91 Å². The molecule has 2 heterocycles. The van der Waals surface area contributed by atoms with Gasteiger partial charge < -0.3 is 0 Å². The maximum absolute atomic E-state index is 12.8. The van der Waals surface area contributed by atoms with E-state index in [1.54, 1.807) is 32.0 Å². The summed E-state index contributed by atoms with van der Waals surface area (Å²) in [5.74, 6) is -0.402. The van der Waals surface area contributed by atoms with E-state index in [4.69, 9.17) is 11.6 Å². The van der Waals surface area contributed by atoms with Crippen LogP contribution in [0.25, 0.3) is 0 Å². The molecule has 3 rings (SSSR count). The van der Waals surface area contributed by atoms with Crippen molar-refractivity contribution >= 4 is 27.5 Å². The molecular formula is C16H18ClN3O3S. The molecule has 24 heavy (non-hydrogen) atoms. The van der Waals surface area contributed by atoms with Crippen molar-refractivity contribution in [2.24, 2.45) is 0 Å². The van der Waals surface area contributed by atoms with Gasteiger partial charge in [-0.15, -0.1) is 0 Å². The van der Waals surface area contributed by atoms with Gasteiger partial charge in [0.15, 0.2) is 0 Å². The second kappa shape index (κ2) is 6.31. The molecule has 0 N–H and O–H groups in total. The zero-order valence-corrected chi connectivity index (χ0v) is 15.1. The highest BCUT2D eigenvalue weighted by atomic mass is 35.5. The topological polar surface area (TPSA) is 72.3 Å². The van der Waals surface area contributed by atoms with Gasteiger partial charge >= 0.3 is 0 Å². The van der Waals surface area contributed by atoms with Crippen molar-refractivity contribution in [3.8, 4) is 0 Å². The standard InChI is InChI=1S/C16H18ClN3O3S/c1-11-15(24(22,23)19-8-3-4-9-19)12(2)20(18-11)16(21)13-6-5-7-14(17)10-13/h5-7,10H,3-4,8-9H2,1-2H3. The van der Waals surface area contributed by atoms with E-state index in [0.717, 1.165) is 17.5 Å². The van der Waals surface area contributed by atoms with Crippen LogP contribution in [0.1, 0.15) is 34.6 Å². The second-order valence-corrected chi connectivity index (χ2v) is 8.15. The van der Waals surface area contributed by atoms with Crippen LogP contribution in [-0.2, 0) is 10.0 Å². The van der Waals surface area contributed by atoms with Crippen LogP contribution in [0.3, 0.4) is 0 Å². The Morgan fingerprint density at radius 1 is 1.21 bits per heavy atom. The number of carbonyl (C=O) groups is 1. The van der Waals surface area contributed by atoms with Crippen LogP contribution in [-0.4, -0.2) is 41.5 Å². The first-order valence-corrected chi connectivity index (χ1v) is 9.51. The van der Waals surface area contributed by atoms with E-state index in [1.807, 2.05) is 0 Å². The Morgan fingerprint density at radius 2 is 1.88 bits per heavy atom. The molecule has 1 aromatic carbocycles. The van der Waals surface area contributed by atoms with E-state index in [9.17, 15) is 13.2 Å². The molecule has 1 aliphatic rings. The first-order valence-electron chi connectivity index (χ1n) is 7.69. The normalized spacial score (nSPS) is 15.8. The van der Waals surface area contributed by atoms with Crippen molar-refractivity contribution in [2.75, 3.05) is 13.1 Å². The number of nitrogens with zero attached hydrogens (tertiary/aromatic N) is 3. The Hall–Kier alpha value is -1.70. The van der Waals surface area contributed by atoms with Crippen LogP contribution in [0.4, 0.5) is 0 Å². The van der Waals surface area contributed by atoms with Gasteiger partial charge in [0.2, 0.25) is 10.0 Å². The van der Waals surface area contributed by atoms with Gasteiger partial charge in [0.1, 0.15) is 4.90 Å². The molecule has 0 radical (unpaired) electrons. The van der Waals surface area contributed by atoms with E-state index in [1.165, 1.54) is 10.4 Å². The molecule has 1 aromatic heterocycles. The summed E-state index contributed by atoms with van der Waals surface area (Å²) >= 11 is 5.93. The number of halogens is 1. The molecule has 2 aromatic rings. The van der Waals surface area contributed by atoms with Crippen molar-refractivity contribution in [1.29, 1.82) is 0 Å². The van der Waals surface area contributed by atoms with E-state index < -0.39 is 15.9 Å². The third-order valence-corrected chi connectivity index (χ3v) is 6.54. The molecule has 1 saturated heterocycles. The minimum absolute atomic E-state index is 0.125. The lowest BCUT2D eigenvalue weighted by molar-refractivity contribution is 0.0942. The quantitative estimate of drug-likeness (QED) is 0.836. The van der Waals surface area contributed by atoms with Crippen molar-refractivity contribution in [1.82, 2.24) is 14.1 Å². The van der Waals surface area contributed by atoms with Crippen molar-refractivity contribution in [3.63, 3.8) is 0 Å². The Bertz CT molecular complexity index is 899. The van der Waals surface area contributed by atoms with Crippen molar-refractivity contribution in [3.05, 3.63) is 46.2 Å². The Balaban J connectivity index is 2.05. The Morgan fingerprint density at radius 3 is 2.50 bits per heavy atom. The van der Waals surface area contributed by atoms with Crippen molar-refractivity contribution < 1.29 is 13.2 Å². The van der Waals surface area contributed by atoms with Gasteiger partial charge in [-0.2, -0.15) is 14.1 Å². The highest BCUT2D eigenvalue weighted by Crippen LogP contribution is 2.27. The summed E-state index contributed by atoms with van der Waals surface area (Å²) in [5, 5.41) is 4.61. The molecule has 1 aliphatic heterocycles. The zero-order valence-electron chi connectivity index (χ0n) is 13.5. The third kappa shape index (κ3) is 2.87. The lowest BCUT2D eigenvalue weighted by atomic mass is 10.2. The first kappa shape index (κ1) is 17.1. The fourth-order valence-electron chi connectivity index (χ4n) is 3.00. The van der Waals surface area contributed by atoms with Gasteiger partial charge in [0, 0.05) is 23.7 Å². The van der Waals surface area contributed by atoms with Crippen LogP contribution in [0.15, 0.2) is 29.2 Å². The summed E-state index contributed by atoms with van der Waals surface area (Å²) in [6, 6.07) is 6.50. The van der Waals surface area contributed by atoms with Gasteiger partial charge in [-0.3, -0.25) is 4.79 Å². The monoisotopic (exact) mass is 367 g/mol. The number of aryl methyl sites for hydroxylation is 1. The second-order valence-electron chi connectivity index (χ2n) is 5.84. The minimum Gasteiger partial charge on any atom is -0.267 e. The fourth-order valence-corrected chi connectivity index (χ4v) is 5.06. The summed E-state index contributed by atoms with van der Waals surface area (Å²) < 4.78 is 28.3. The highest BCUT2D eigenvalue weighted by Gasteiger charge is 2.33. The molecule has 0 unspecified atom stereocenters. The molecule has 0 aliphatic carbocycles. The molecule has 0 amide bonds. The van der Waals surface area contributed by atoms with Crippen LogP contribution in [0.5, 0.6) is 0 Å². The summed E-state index contributed by atoms with van der Waals surface area (Å²) in [6.07, 6.45) is 1.71. The molecule has 8 heteroatoms. The summed E-state index contributed by atoms with van der Waals surface area (Å²) in [7, 11) is -3.63. The summed E-state index contributed by atoms with van der Waals surface area (Å²) in [6.45, 7) is 4.23. The molecule has 0 atom stereocenters. The largest absolute Gasteiger partial charge is 0.278 e. The number of rotatable bonds is 3. The van der Waals surface area contributed by atoms with Crippen LogP contribution >= 0.6 is 11.6 Å². The maximum atomic E-state index is 12.8. The van der Waals surface area contributed by atoms with E-state index >= 15 is 0 Å². The number of hydrogen-bond donors (Lipinski definition) is 0. The Labute approximate surface area is 146 Å². The average molecular weight is 368 g/mol. The molecule has 1 fully saturated rings. The lowest BCUT2D eigenvalue weighted by Crippen LogP contribution is -2.29.